The van der Waals surface area contributed by atoms with Crippen molar-refractivity contribution in [1.29, 1.82) is 0 Å². The van der Waals surface area contributed by atoms with Crippen molar-refractivity contribution in [2.24, 2.45) is 5.73 Å². The van der Waals surface area contributed by atoms with Crippen molar-refractivity contribution < 1.29 is 0 Å². The standard InChI is InChI=1S/C15H22N4S/c1-9-10(2)20-15-13(9)14(17-11(3)18-15)19-7-5-4-6-12(19)8-16/h12H,4-8,16H2,1-3H3. The molecule has 1 saturated heterocycles. The highest BCUT2D eigenvalue weighted by Gasteiger charge is 2.26. The minimum Gasteiger partial charge on any atom is -0.352 e. The van der Waals surface area contributed by atoms with Crippen LogP contribution in [0.2, 0.25) is 0 Å². The summed E-state index contributed by atoms with van der Waals surface area (Å²) in [5.41, 5.74) is 7.29. The zero-order valence-corrected chi connectivity index (χ0v) is 13.3. The smallest absolute Gasteiger partial charge is 0.141 e. The van der Waals surface area contributed by atoms with E-state index >= 15 is 0 Å². The van der Waals surface area contributed by atoms with E-state index in [0.29, 0.717) is 12.6 Å². The first kappa shape index (κ1) is 13.8. The number of nitrogens with zero attached hydrogens (tertiary/aromatic N) is 3. The number of aryl methyl sites for hydroxylation is 3. The lowest BCUT2D eigenvalue weighted by Gasteiger charge is -2.36. The van der Waals surface area contributed by atoms with Gasteiger partial charge in [-0.25, -0.2) is 9.97 Å². The van der Waals surface area contributed by atoms with Crippen LogP contribution in [0.15, 0.2) is 0 Å². The van der Waals surface area contributed by atoms with Gasteiger partial charge in [0.05, 0.1) is 5.39 Å². The second-order valence-corrected chi connectivity index (χ2v) is 6.84. The maximum absolute atomic E-state index is 5.97. The van der Waals surface area contributed by atoms with Crippen molar-refractivity contribution in [1.82, 2.24) is 9.97 Å². The van der Waals surface area contributed by atoms with Gasteiger partial charge >= 0.3 is 0 Å². The Morgan fingerprint density at radius 1 is 1.25 bits per heavy atom. The van der Waals surface area contributed by atoms with Crippen LogP contribution in [-0.4, -0.2) is 29.1 Å². The third kappa shape index (κ3) is 2.19. The fraction of sp³-hybridized carbons (Fsp3) is 0.600. The molecule has 0 aromatic carbocycles. The molecule has 2 aromatic rings. The highest BCUT2D eigenvalue weighted by molar-refractivity contribution is 7.18. The fourth-order valence-electron chi connectivity index (χ4n) is 3.06. The van der Waals surface area contributed by atoms with Gasteiger partial charge in [0.15, 0.2) is 0 Å². The molecule has 2 aromatic heterocycles. The van der Waals surface area contributed by atoms with Crippen molar-refractivity contribution in [3.63, 3.8) is 0 Å². The SMILES string of the molecule is Cc1nc(N2CCCCC2CN)c2c(C)c(C)sc2n1. The molecule has 2 N–H and O–H groups in total. The number of piperidine rings is 1. The predicted octanol–water partition coefficient (Wildman–Crippen LogP) is 2.93. The monoisotopic (exact) mass is 290 g/mol. The summed E-state index contributed by atoms with van der Waals surface area (Å²) in [6.45, 7) is 8.08. The van der Waals surface area contributed by atoms with Gasteiger partial charge in [-0.3, -0.25) is 0 Å². The van der Waals surface area contributed by atoms with Crippen LogP contribution in [0, 0.1) is 20.8 Å². The van der Waals surface area contributed by atoms with Crippen molar-refractivity contribution >= 4 is 27.4 Å². The van der Waals surface area contributed by atoms with Crippen molar-refractivity contribution in [3.05, 3.63) is 16.3 Å². The summed E-state index contributed by atoms with van der Waals surface area (Å²) in [7, 11) is 0. The third-order valence-corrected chi connectivity index (χ3v) is 5.39. The van der Waals surface area contributed by atoms with Crippen LogP contribution in [0.5, 0.6) is 0 Å². The van der Waals surface area contributed by atoms with Gasteiger partial charge in [0, 0.05) is 24.0 Å². The van der Waals surface area contributed by atoms with E-state index < -0.39 is 0 Å². The lowest BCUT2D eigenvalue weighted by Crippen LogP contribution is -2.44. The molecule has 0 saturated carbocycles. The Bertz CT molecular complexity index is 634. The summed E-state index contributed by atoms with van der Waals surface area (Å²) in [5, 5.41) is 1.23. The number of anilines is 1. The predicted molar refractivity (Wildman–Crippen MR) is 85.7 cm³/mol. The van der Waals surface area contributed by atoms with Gasteiger partial charge in [0.1, 0.15) is 16.5 Å². The number of aromatic nitrogens is 2. The van der Waals surface area contributed by atoms with Crippen LogP contribution in [0.1, 0.15) is 35.5 Å². The number of hydrogen-bond donors (Lipinski definition) is 1. The molecule has 1 unspecified atom stereocenters. The first-order chi connectivity index (χ1) is 9.61. The van der Waals surface area contributed by atoms with E-state index in [1.165, 1.54) is 35.1 Å². The van der Waals surface area contributed by atoms with E-state index in [-0.39, 0.29) is 0 Å². The van der Waals surface area contributed by atoms with Crippen molar-refractivity contribution in [3.8, 4) is 0 Å². The molecule has 1 aliphatic heterocycles. The number of thiophene rings is 1. The van der Waals surface area contributed by atoms with Crippen LogP contribution < -0.4 is 10.6 Å². The number of fused-ring (bicyclic) bond motifs is 1. The Balaban J connectivity index is 2.18. The van der Waals surface area contributed by atoms with Gasteiger partial charge in [-0.05, 0) is 45.6 Å². The Morgan fingerprint density at radius 2 is 2.05 bits per heavy atom. The molecule has 0 amide bonds. The molecule has 0 radical (unpaired) electrons. The highest BCUT2D eigenvalue weighted by atomic mass is 32.1. The number of nitrogens with two attached hydrogens (primary N) is 1. The van der Waals surface area contributed by atoms with E-state index in [1.54, 1.807) is 11.3 Å². The second-order valence-electron chi connectivity index (χ2n) is 5.64. The van der Waals surface area contributed by atoms with E-state index in [2.05, 4.69) is 23.7 Å². The van der Waals surface area contributed by atoms with Gasteiger partial charge < -0.3 is 10.6 Å². The molecule has 1 aliphatic rings. The van der Waals surface area contributed by atoms with Crippen molar-refractivity contribution in [2.75, 3.05) is 18.0 Å². The molecule has 108 valence electrons. The summed E-state index contributed by atoms with van der Waals surface area (Å²) in [5.74, 6) is 1.96. The molecule has 1 fully saturated rings. The largest absolute Gasteiger partial charge is 0.352 e. The fourth-order valence-corrected chi connectivity index (χ4v) is 4.13. The van der Waals surface area contributed by atoms with Crippen molar-refractivity contribution in [2.45, 2.75) is 46.1 Å². The summed E-state index contributed by atoms with van der Waals surface area (Å²) < 4.78 is 0. The molecule has 5 heteroatoms. The molecule has 1 atom stereocenters. The van der Waals surface area contributed by atoms with Crippen LogP contribution in [0.25, 0.3) is 10.2 Å². The minimum atomic E-state index is 0.417. The topological polar surface area (TPSA) is 55.0 Å². The number of hydrogen-bond acceptors (Lipinski definition) is 5. The van der Waals surface area contributed by atoms with E-state index in [4.69, 9.17) is 10.7 Å². The molecule has 0 spiro atoms. The first-order valence-corrected chi connectivity index (χ1v) is 8.14. The molecule has 0 aliphatic carbocycles. The molecule has 3 rings (SSSR count). The highest BCUT2D eigenvalue weighted by Crippen LogP contribution is 2.36. The lowest BCUT2D eigenvalue weighted by atomic mass is 10.0. The van der Waals surface area contributed by atoms with E-state index in [9.17, 15) is 0 Å². The Morgan fingerprint density at radius 3 is 2.80 bits per heavy atom. The second kappa shape index (κ2) is 5.30. The molecule has 3 heterocycles. The molecule has 0 bridgehead atoms. The van der Waals surface area contributed by atoms with Gasteiger partial charge in [0.2, 0.25) is 0 Å². The average molecular weight is 290 g/mol. The van der Waals surface area contributed by atoms with Crippen LogP contribution in [-0.2, 0) is 0 Å². The Hall–Kier alpha value is -1.20. The normalized spacial score (nSPS) is 19.8. The van der Waals surface area contributed by atoms with Gasteiger partial charge in [-0.15, -0.1) is 11.3 Å². The molecular weight excluding hydrogens is 268 g/mol. The summed E-state index contributed by atoms with van der Waals surface area (Å²) in [6.07, 6.45) is 3.67. The Labute approximate surface area is 124 Å². The van der Waals surface area contributed by atoms with E-state index in [1.807, 2.05) is 6.92 Å². The van der Waals surface area contributed by atoms with Gasteiger partial charge in [-0.1, -0.05) is 0 Å². The zero-order chi connectivity index (χ0) is 14.3. The molecule has 4 nitrogen and oxygen atoms in total. The minimum absolute atomic E-state index is 0.417. The van der Waals surface area contributed by atoms with E-state index in [0.717, 1.165) is 23.0 Å². The quantitative estimate of drug-likeness (QED) is 0.924. The third-order valence-electron chi connectivity index (χ3n) is 4.29. The van der Waals surface area contributed by atoms with Gasteiger partial charge in [0.25, 0.3) is 0 Å². The zero-order valence-electron chi connectivity index (χ0n) is 12.4. The number of rotatable bonds is 2. The average Bonchev–Trinajstić information content (AvgIpc) is 2.73. The Kier molecular flexibility index (Phi) is 3.65. The maximum atomic E-state index is 5.97. The lowest BCUT2D eigenvalue weighted by molar-refractivity contribution is 0.463. The molecule has 20 heavy (non-hydrogen) atoms. The van der Waals surface area contributed by atoms with Crippen LogP contribution in [0.4, 0.5) is 5.82 Å². The maximum Gasteiger partial charge on any atom is 0.141 e. The van der Waals surface area contributed by atoms with Gasteiger partial charge in [-0.2, -0.15) is 0 Å². The first-order valence-electron chi connectivity index (χ1n) is 7.33. The van der Waals surface area contributed by atoms with Crippen LogP contribution >= 0.6 is 11.3 Å². The summed E-state index contributed by atoms with van der Waals surface area (Å²) in [6, 6.07) is 0.417. The van der Waals surface area contributed by atoms with Crippen LogP contribution in [0.3, 0.4) is 0 Å². The summed E-state index contributed by atoms with van der Waals surface area (Å²) in [4.78, 5) is 14.2. The summed E-state index contributed by atoms with van der Waals surface area (Å²) >= 11 is 1.77. The molecular formula is C15H22N4S.